The summed E-state index contributed by atoms with van der Waals surface area (Å²) in [5, 5.41) is 12.6. The number of carbonyl (C=O) groups is 8. The topological polar surface area (TPSA) is 209 Å². The molecule has 1 fully saturated rings. The average molecular weight is 675 g/mol. The standard InChI is InChI=1S/C33H39BN6O9/c34-33(48)49-21-23-10-12-24(13-11-23)38-28(43)20-37-32(47)25(17-22-7-3-1-4-8-22)39-29(44)19-36-27(42)18-35-26(41)9-5-2-6-16-40-30(45)14-15-31(40)46/h1,3-4,7-8,10-13,25H,2,5-6,9,14-21H2,(H,35,41)(H,36,42)(H,37,47)(H,38,43)(H,39,44)/t25-/m0/s1. The van der Waals surface area contributed by atoms with Gasteiger partial charge in [-0.05, 0) is 36.1 Å². The number of benzene rings is 2. The largest absolute Gasteiger partial charge is 0.470 e. The zero-order valence-electron chi connectivity index (χ0n) is 27.0. The van der Waals surface area contributed by atoms with Crippen LogP contribution in [0.1, 0.15) is 49.7 Å². The van der Waals surface area contributed by atoms with E-state index in [4.69, 9.17) is 12.6 Å². The highest BCUT2D eigenvalue weighted by Crippen LogP contribution is 2.13. The highest BCUT2D eigenvalue weighted by atomic mass is 16.5. The first-order valence-corrected chi connectivity index (χ1v) is 15.8. The Bertz CT molecular complexity index is 1490. The lowest BCUT2D eigenvalue weighted by molar-refractivity contribution is -0.138. The lowest BCUT2D eigenvalue weighted by Crippen LogP contribution is -2.52. The third kappa shape index (κ3) is 14.4. The summed E-state index contributed by atoms with van der Waals surface area (Å²) in [4.78, 5) is 97.7. The molecule has 0 aromatic heterocycles. The number of amides is 7. The summed E-state index contributed by atoms with van der Waals surface area (Å²) in [5.41, 5.74) is 1.84. The van der Waals surface area contributed by atoms with E-state index >= 15 is 0 Å². The second-order valence-corrected chi connectivity index (χ2v) is 11.2. The van der Waals surface area contributed by atoms with E-state index < -0.39 is 42.1 Å². The number of imide groups is 1. The van der Waals surface area contributed by atoms with Crippen LogP contribution in [0, 0.1) is 0 Å². The molecule has 0 spiro atoms. The predicted octanol–water partition coefficient (Wildman–Crippen LogP) is 0.216. The molecule has 1 atom stereocenters. The number of carbonyl (C=O) groups excluding carboxylic acids is 8. The van der Waals surface area contributed by atoms with Crippen molar-refractivity contribution in [2.45, 2.75) is 57.6 Å². The minimum absolute atomic E-state index is 0.0220. The lowest BCUT2D eigenvalue weighted by atomic mass is 10.1. The van der Waals surface area contributed by atoms with Crippen LogP contribution in [0.2, 0.25) is 0 Å². The van der Waals surface area contributed by atoms with Crippen LogP contribution in [0.3, 0.4) is 0 Å². The molecule has 7 amide bonds. The van der Waals surface area contributed by atoms with Crippen LogP contribution in [0.25, 0.3) is 0 Å². The zero-order chi connectivity index (χ0) is 35.6. The Labute approximate surface area is 284 Å². The van der Waals surface area contributed by atoms with Crippen molar-refractivity contribution >= 4 is 60.8 Å². The first-order chi connectivity index (χ1) is 23.5. The summed E-state index contributed by atoms with van der Waals surface area (Å²) in [7, 11) is 4.95. The van der Waals surface area contributed by atoms with Gasteiger partial charge in [0, 0.05) is 37.9 Å². The normalized spacial score (nSPS) is 12.9. The van der Waals surface area contributed by atoms with Gasteiger partial charge in [-0.15, -0.1) is 0 Å². The van der Waals surface area contributed by atoms with Crippen molar-refractivity contribution in [3.05, 3.63) is 65.7 Å². The van der Waals surface area contributed by atoms with Crippen molar-refractivity contribution < 1.29 is 43.1 Å². The molecule has 1 heterocycles. The summed E-state index contributed by atoms with van der Waals surface area (Å²) in [6.45, 7) is -0.883. The van der Waals surface area contributed by atoms with E-state index in [0.717, 1.165) is 5.56 Å². The number of anilines is 1. The van der Waals surface area contributed by atoms with Crippen molar-refractivity contribution in [3.8, 4) is 0 Å². The maximum absolute atomic E-state index is 13.0. The summed E-state index contributed by atoms with van der Waals surface area (Å²) < 4.78 is 4.71. The molecule has 1 saturated heterocycles. The van der Waals surface area contributed by atoms with Gasteiger partial charge in [0.1, 0.15) is 12.6 Å². The predicted molar refractivity (Wildman–Crippen MR) is 177 cm³/mol. The Hall–Kier alpha value is -5.54. The first kappa shape index (κ1) is 37.9. The van der Waals surface area contributed by atoms with Crippen molar-refractivity contribution in [2.24, 2.45) is 0 Å². The Kier molecular flexibility index (Phi) is 15.5. The average Bonchev–Trinajstić information content (AvgIpc) is 3.40. The molecule has 0 unspecified atom stereocenters. The quantitative estimate of drug-likeness (QED) is 0.0783. The van der Waals surface area contributed by atoms with Gasteiger partial charge in [0.05, 0.1) is 19.6 Å². The van der Waals surface area contributed by atoms with Crippen molar-refractivity contribution in [1.29, 1.82) is 0 Å². The molecule has 1 aliphatic rings. The summed E-state index contributed by atoms with van der Waals surface area (Å²) in [6.07, 6.45) is 2.49. The van der Waals surface area contributed by atoms with Gasteiger partial charge in [-0.25, -0.2) is 0 Å². The van der Waals surface area contributed by atoms with Gasteiger partial charge in [-0.2, -0.15) is 0 Å². The van der Waals surface area contributed by atoms with E-state index in [9.17, 15) is 38.4 Å². The number of hydrogen-bond acceptors (Lipinski definition) is 9. The van der Waals surface area contributed by atoms with Crippen LogP contribution in [0.4, 0.5) is 10.5 Å². The number of nitrogens with zero attached hydrogens (tertiary/aromatic N) is 1. The zero-order valence-corrected chi connectivity index (χ0v) is 27.0. The molecule has 3 rings (SSSR count). The minimum atomic E-state index is -1.06. The van der Waals surface area contributed by atoms with Gasteiger partial charge in [0.25, 0.3) is 0 Å². The summed E-state index contributed by atoms with van der Waals surface area (Å²) in [5.74, 6) is -4.02. The number of nitrogens with one attached hydrogen (secondary N) is 5. The molecule has 0 aliphatic carbocycles. The molecule has 2 aromatic rings. The first-order valence-electron chi connectivity index (χ1n) is 15.8. The van der Waals surface area contributed by atoms with Crippen molar-refractivity contribution in [2.75, 3.05) is 31.5 Å². The van der Waals surface area contributed by atoms with Crippen LogP contribution in [0.5, 0.6) is 0 Å². The molecule has 258 valence electrons. The lowest BCUT2D eigenvalue weighted by Gasteiger charge is -2.19. The highest BCUT2D eigenvalue weighted by Gasteiger charge is 2.28. The Morgan fingerprint density at radius 2 is 1.35 bits per heavy atom. The van der Waals surface area contributed by atoms with E-state index in [-0.39, 0.29) is 63.1 Å². The number of rotatable bonds is 19. The fraction of sp³-hybridized carbons (Fsp3) is 0.394. The SMILES string of the molecule is [B]C(=O)OCc1ccc(NC(=O)CNC(=O)[C@H](Cc2ccccc2)NC(=O)CNC(=O)CNC(=O)CCCCCN2C(=O)CCC2=O)cc1. The van der Waals surface area contributed by atoms with Crippen LogP contribution in [-0.2, 0) is 51.3 Å². The van der Waals surface area contributed by atoms with Gasteiger partial charge in [-0.1, -0.05) is 48.9 Å². The van der Waals surface area contributed by atoms with Gasteiger partial charge in [0.2, 0.25) is 55.1 Å². The number of unbranched alkanes of at least 4 members (excludes halogenated alkanes) is 2. The highest BCUT2D eigenvalue weighted by molar-refractivity contribution is 6.55. The Morgan fingerprint density at radius 1 is 0.714 bits per heavy atom. The number of ether oxygens (including phenoxy) is 1. The molecule has 0 bridgehead atoms. The summed E-state index contributed by atoms with van der Waals surface area (Å²) in [6, 6.07) is 14.3. The monoisotopic (exact) mass is 674 g/mol. The van der Waals surface area contributed by atoms with E-state index in [0.29, 0.717) is 37.1 Å². The second-order valence-electron chi connectivity index (χ2n) is 11.2. The van der Waals surface area contributed by atoms with Crippen LogP contribution >= 0.6 is 0 Å². The number of hydrogen-bond donors (Lipinski definition) is 5. The maximum Gasteiger partial charge on any atom is 0.243 e. The second kappa shape index (κ2) is 20.0. The van der Waals surface area contributed by atoms with Crippen LogP contribution < -0.4 is 26.6 Å². The molecule has 49 heavy (non-hydrogen) atoms. The molecule has 2 aromatic carbocycles. The molecule has 15 nitrogen and oxygen atoms in total. The minimum Gasteiger partial charge on any atom is -0.470 e. The molecule has 1 aliphatic heterocycles. The Morgan fingerprint density at radius 3 is 2.02 bits per heavy atom. The fourth-order valence-electron chi connectivity index (χ4n) is 4.75. The van der Waals surface area contributed by atoms with E-state index in [1.807, 2.05) is 0 Å². The molecular formula is C33H39BN6O9. The van der Waals surface area contributed by atoms with Gasteiger partial charge < -0.3 is 31.3 Å². The van der Waals surface area contributed by atoms with E-state index in [1.165, 1.54) is 4.90 Å². The smallest absolute Gasteiger partial charge is 0.243 e. The van der Waals surface area contributed by atoms with Gasteiger partial charge >= 0.3 is 0 Å². The summed E-state index contributed by atoms with van der Waals surface area (Å²) >= 11 is 0. The van der Waals surface area contributed by atoms with Crippen LogP contribution in [0.15, 0.2) is 54.6 Å². The fourth-order valence-corrected chi connectivity index (χ4v) is 4.75. The molecular weight excluding hydrogens is 635 g/mol. The molecule has 0 saturated carbocycles. The maximum atomic E-state index is 13.0. The third-order valence-corrected chi connectivity index (χ3v) is 7.31. The number of likely N-dealkylation sites (tertiary alicyclic amines) is 1. The molecule has 16 heteroatoms. The van der Waals surface area contributed by atoms with Gasteiger partial charge in [-0.3, -0.25) is 43.3 Å². The van der Waals surface area contributed by atoms with Gasteiger partial charge in [0.15, 0.2) is 0 Å². The van der Waals surface area contributed by atoms with E-state index in [2.05, 4.69) is 26.6 Å². The Balaban J connectivity index is 1.38. The van der Waals surface area contributed by atoms with Crippen molar-refractivity contribution in [1.82, 2.24) is 26.2 Å². The molecule has 2 radical (unpaired) electrons. The van der Waals surface area contributed by atoms with Crippen molar-refractivity contribution in [3.63, 3.8) is 0 Å². The third-order valence-electron chi connectivity index (χ3n) is 7.31. The molecule has 5 N–H and O–H groups in total. The van der Waals surface area contributed by atoms with E-state index in [1.54, 1.807) is 54.6 Å². The van der Waals surface area contributed by atoms with Crippen LogP contribution in [-0.4, -0.2) is 92.2 Å².